The second-order valence-electron chi connectivity index (χ2n) is 6.91. The minimum Gasteiger partial charge on any atom is -0.309 e. The van der Waals surface area contributed by atoms with E-state index in [9.17, 15) is 0 Å². The van der Waals surface area contributed by atoms with Crippen molar-refractivity contribution in [2.24, 2.45) is 0 Å². The van der Waals surface area contributed by atoms with Crippen LogP contribution in [0.15, 0.2) is 54.9 Å². The molecule has 5 nitrogen and oxygen atoms in total. The number of nitrogens with one attached hydrogen (secondary N) is 1. The molecular weight excluding hydrogens is 358 g/mol. The van der Waals surface area contributed by atoms with Gasteiger partial charge in [0.2, 0.25) is 5.95 Å². The van der Waals surface area contributed by atoms with Crippen LogP contribution in [0.4, 0.5) is 11.8 Å². The second kappa shape index (κ2) is 8.03. The average Bonchev–Trinajstić information content (AvgIpc) is 3.14. The molecule has 1 aliphatic rings. The zero-order valence-corrected chi connectivity index (χ0v) is 16.0. The van der Waals surface area contributed by atoms with Crippen molar-refractivity contribution < 1.29 is 0 Å². The number of benzene rings is 1. The first-order valence-electron chi connectivity index (χ1n) is 9.18. The van der Waals surface area contributed by atoms with Crippen LogP contribution in [0.1, 0.15) is 35.7 Å². The summed E-state index contributed by atoms with van der Waals surface area (Å²) in [6, 6.07) is 14.3. The maximum atomic E-state index is 6.00. The molecule has 0 aliphatic carbocycles. The van der Waals surface area contributed by atoms with Gasteiger partial charge >= 0.3 is 0 Å². The number of hydrogen-bond donors (Lipinski definition) is 1. The number of hydrogen-bond acceptors (Lipinski definition) is 5. The van der Waals surface area contributed by atoms with Crippen LogP contribution in [0.5, 0.6) is 0 Å². The highest BCUT2D eigenvalue weighted by Crippen LogP contribution is 2.32. The zero-order valence-electron chi connectivity index (χ0n) is 15.3. The van der Waals surface area contributed by atoms with E-state index in [4.69, 9.17) is 16.6 Å². The molecule has 27 heavy (non-hydrogen) atoms. The molecule has 0 unspecified atom stereocenters. The van der Waals surface area contributed by atoms with E-state index in [1.54, 1.807) is 0 Å². The predicted molar refractivity (Wildman–Crippen MR) is 108 cm³/mol. The molecule has 0 spiro atoms. The largest absolute Gasteiger partial charge is 0.309 e. The van der Waals surface area contributed by atoms with Gasteiger partial charge in [-0.3, -0.25) is 4.90 Å². The summed E-state index contributed by atoms with van der Waals surface area (Å²) in [6.45, 7) is 3.98. The number of halogens is 1. The highest BCUT2D eigenvalue weighted by atomic mass is 35.5. The summed E-state index contributed by atoms with van der Waals surface area (Å²) < 4.78 is 0. The first-order chi connectivity index (χ1) is 13.2. The summed E-state index contributed by atoms with van der Waals surface area (Å²) in [5.41, 5.74) is 3.44. The molecule has 2 aromatic heterocycles. The molecule has 4 rings (SSSR count). The smallest absolute Gasteiger partial charge is 0.228 e. The van der Waals surface area contributed by atoms with Crippen LogP contribution in [0.2, 0.25) is 5.02 Å². The van der Waals surface area contributed by atoms with Gasteiger partial charge < -0.3 is 5.32 Å². The van der Waals surface area contributed by atoms with Gasteiger partial charge in [0.15, 0.2) is 0 Å². The zero-order chi connectivity index (χ0) is 18.6. The van der Waals surface area contributed by atoms with Crippen molar-refractivity contribution in [1.29, 1.82) is 0 Å². The molecule has 3 aromatic rings. The van der Waals surface area contributed by atoms with Crippen molar-refractivity contribution >= 4 is 23.4 Å². The van der Waals surface area contributed by atoms with Crippen LogP contribution in [0, 0.1) is 6.92 Å². The van der Waals surface area contributed by atoms with Gasteiger partial charge in [0, 0.05) is 24.0 Å². The number of nitrogens with zero attached hydrogens (tertiary/aromatic N) is 4. The number of aromatic nitrogens is 3. The third-order valence-electron chi connectivity index (χ3n) is 4.83. The average molecular weight is 380 g/mol. The molecule has 138 valence electrons. The highest BCUT2D eigenvalue weighted by molar-refractivity contribution is 6.30. The highest BCUT2D eigenvalue weighted by Gasteiger charge is 2.27. The lowest BCUT2D eigenvalue weighted by molar-refractivity contribution is 0.244. The molecule has 0 radical (unpaired) electrons. The van der Waals surface area contributed by atoms with Gasteiger partial charge in [-0.05, 0) is 61.7 Å². The van der Waals surface area contributed by atoms with Gasteiger partial charge in [0.05, 0.1) is 11.7 Å². The lowest BCUT2D eigenvalue weighted by Gasteiger charge is -2.24. The third-order valence-corrected chi connectivity index (χ3v) is 5.08. The van der Waals surface area contributed by atoms with Crippen molar-refractivity contribution in [3.05, 3.63) is 76.7 Å². The Morgan fingerprint density at radius 2 is 1.96 bits per heavy atom. The lowest BCUT2D eigenvalue weighted by atomic mass is 10.1. The fraction of sp³-hybridized carbons (Fsp3) is 0.286. The molecule has 1 fully saturated rings. The topological polar surface area (TPSA) is 53.9 Å². The molecule has 1 aliphatic heterocycles. The SMILES string of the molecule is Cc1ccc(Nc2nccc([C@H]3CCCN3Cc3ccc(Cl)cc3)n2)nc1. The predicted octanol–water partition coefficient (Wildman–Crippen LogP) is 4.91. The van der Waals surface area contributed by atoms with Crippen LogP contribution in [0.25, 0.3) is 0 Å². The molecular formula is C21H22ClN5. The van der Waals surface area contributed by atoms with Crippen LogP contribution in [-0.4, -0.2) is 26.4 Å². The summed E-state index contributed by atoms with van der Waals surface area (Å²) >= 11 is 6.00. The van der Waals surface area contributed by atoms with Gasteiger partial charge in [-0.1, -0.05) is 29.8 Å². The van der Waals surface area contributed by atoms with Gasteiger partial charge in [0.25, 0.3) is 0 Å². The van der Waals surface area contributed by atoms with E-state index in [1.807, 2.05) is 49.6 Å². The summed E-state index contributed by atoms with van der Waals surface area (Å²) in [4.78, 5) is 15.9. The van der Waals surface area contributed by atoms with Gasteiger partial charge in [-0.15, -0.1) is 0 Å². The number of aryl methyl sites for hydroxylation is 1. The fourth-order valence-corrected chi connectivity index (χ4v) is 3.58. The molecule has 0 bridgehead atoms. The molecule has 1 N–H and O–H groups in total. The van der Waals surface area contributed by atoms with E-state index in [0.29, 0.717) is 12.0 Å². The van der Waals surface area contributed by atoms with E-state index >= 15 is 0 Å². The van der Waals surface area contributed by atoms with E-state index in [0.717, 1.165) is 41.6 Å². The summed E-state index contributed by atoms with van der Waals surface area (Å²) in [6.07, 6.45) is 5.92. The van der Waals surface area contributed by atoms with Crippen LogP contribution < -0.4 is 5.32 Å². The molecule has 1 saturated heterocycles. The third kappa shape index (κ3) is 4.43. The normalized spacial score (nSPS) is 17.2. The Morgan fingerprint density at radius 3 is 2.74 bits per heavy atom. The molecule has 3 heterocycles. The van der Waals surface area contributed by atoms with Crippen LogP contribution in [-0.2, 0) is 6.54 Å². The first-order valence-corrected chi connectivity index (χ1v) is 9.56. The first kappa shape index (κ1) is 17.9. The van der Waals surface area contributed by atoms with Crippen LogP contribution >= 0.6 is 11.6 Å². The van der Waals surface area contributed by atoms with Gasteiger partial charge in [0.1, 0.15) is 5.82 Å². The molecule has 1 atom stereocenters. The Hall–Kier alpha value is -2.50. The van der Waals surface area contributed by atoms with E-state index in [1.165, 1.54) is 12.0 Å². The Bertz CT molecular complexity index is 895. The van der Waals surface area contributed by atoms with E-state index < -0.39 is 0 Å². The Kier molecular flexibility index (Phi) is 5.32. The summed E-state index contributed by atoms with van der Waals surface area (Å²) in [5.74, 6) is 1.34. The van der Waals surface area contributed by atoms with E-state index in [-0.39, 0.29) is 0 Å². The number of anilines is 2. The maximum absolute atomic E-state index is 6.00. The Balaban J connectivity index is 1.49. The lowest BCUT2D eigenvalue weighted by Crippen LogP contribution is -2.23. The van der Waals surface area contributed by atoms with Gasteiger partial charge in [-0.2, -0.15) is 0 Å². The summed E-state index contributed by atoms with van der Waals surface area (Å²) in [7, 11) is 0. The standard InChI is InChI=1S/C21H22ClN5/c1-15-4-9-20(24-13-15)26-21-23-11-10-18(25-21)19-3-2-12-27(19)14-16-5-7-17(22)8-6-16/h4-11,13,19H,2-3,12,14H2,1H3,(H,23,24,25,26)/t19-/m1/s1. The monoisotopic (exact) mass is 379 g/mol. The second-order valence-corrected chi connectivity index (χ2v) is 7.34. The molecule has 1 aromatic carbocycles. The van der Waals surface area contributed by atoms with Crippen molar-refractivity contribution in [2.45, 2.75) is 32.4 Å². The molecule has 0 saturated carbocycles. The molecule has 6 heteroatoms. The van der Waals surface area contributed by atoms with Crippen molar-refractivity contribution in [2.75, 3.05) is 11.9 Å². The van der Waals surface area contributed by atoms with Crippen molar-refractivity contribution in [3.63, 3.8) is 0 Å². The quantitative estimate of drug-likeness (QED) is 0.682. The van der Waals surface area contributed by atoms with E-state index in [2.05, 4.69) is 32.3 Å². The number of rotatable bonds is 5. The van der Waals surface area contributed by atoms with Crippen molar-refractivity contribution in [3.8, 4) is 0 Å². The summed E-state index contributed by atoms with van der Waals surface area (Å²) in [5, 5.41) is 3.97. The minimum atomic E-state index is 0.301. The Labute approximate surface area is 164 Å². The van der Waals surface area contributed by atoms with Crippen molar-refractivity contribution in [1.82, 2.24) is 19.9 Å². The number of likely N-dealkylation sites (tertiary alicyclic amines) is 1. The number of pyridine rings is 1. The fourth-order valence-electron chi connectivity index (χ4n) is 3.45. The van der Waals surface area contributed by atoms with Crippen LogP contribution in [0.3, 0.4) is 0 Å². The Morgan fingerprint density at radius 1 is 1.11 bits per heavy atom. The van der Waals surface area contributed by atoms with Gasteiger partial charge in [-0.25, -0.2) is 15.0 Å². The molecule has 0 amide bonds. The minimum absolute atomic E-state index is 0.301. The maximum Gasteiger partial charge on any atom is 0.228 e.